The van der Waals surface area contributed by atoms with E-state index in [0.29, 0.717) is 23.3 Å². The van der Waals surface area contributed by atoms with Crippen LogP contribution in [-0.4, -0.2) is 36.0 Å². The molecule has 1 aromatic carbocycles. The van der Waals surface area contributed by atoms with Gasteiger partial charge in [0, 0.05) is 19.6 Å². The second kappa shape index (κ2) is 7.30. The van der Waals surface area contributed by atoms with Crippen molar-refractivity contribution in [3.8, 4) is 0 Å². The third-order valence-corrected chi connectivity index (χ3v) is 4.15. The Balaban J connectivity index is 1.77. The smallest absolute Gasteiger partial charge is 0.319 e. The molecule has 1 aliphatic heterocycles. The summed E-state index contributed by atoms with van der Waals surface area (Å²) < 4.78 is 4.92. The topological polar surface area (TPSA) is 83.3 Å². The summed E-state index contributed by atoms with van der Waals surface area (Å²) in [6.07, 6.45) is 5.65. The highest BCUT2D eigenvalue weighted by molar-refractivity contribution is 6.02. The van der Waals surface area contributed by atoms with Gasteiger partial charge in [-0.1, -0.05) is 13.3 Å². The normalized spacial score (nSPS) is 14.9. The Bertz CT molecular complexity index is 664. The van der Waals surface area contributed by atoms with Crippen LogP contribution in [0, 0.1) is 0 Å². The average molecular weight is 317 g/mol. The van der Waals surface area contributed by atoms with E-state index in [-0.39, 0.29) is 6.03 Å². The van der Waals surface area contributed by atoms with Crippen molar-refractivity contribution in [1.29, 1.82) is 0 Å². The predicted molar refractivity (Wildman–Crippen MR) is 89.8 cm³/mol. The quantitative estimate of drug-likeness (QED) is 0.828. The lowest BCUT2D eigenvalue weighted by molar-refractivity contribution is 0.252. The number of carbonyl (C=O) groups excluding carboxylic acids is 1. The van der Waals surface area contributed by atoms with Gasteiger partial charge in [0.2, 0.25) is 0 Å². The molecule has 124 valence electrons. The third kappa shape index (κ3) is 3.55. The minimum atomic E-state index is -0.228. The van der Waals surface area contributed by atoms with Crippen molar-refractivity contribution in [3.05, 3.63) is 12.1 Å². The molecule has 7 nitrogen and oxygen atoms in total. The SMILES string of the molecule is CCCCNC(=O)Nc1ccc(N2CCCCC2)c2nonc12. The van der Waals surface area contributed by atoms with Crippen molar-refractivity contribution < 1.29 is 9.42 Å². The summed E-state index contributed by atoms with van der Waals surface area (Å²) in [5.41, 5.74) is 2.95. The molecule has 1 saturated heterocycles. The van der Waals surface area contributed by atoms with Crippen LogP contribution in [0.4, 0.5) is 16.2 Å². The summed E-state index contributed by atoms with van der Waals surface area (Å²) in [5.74, 6) is 0. The van der Waals surface area contributed by atoms with Gasteiger partial charge in [0.25, 0.3) is 0 Å². The van der Waals surface area contributed by atoms with E-state index < -0.39 is 0 Å². The minimum Gasteiger partial charge on any atom is -0.370 e. The summed E-state index contributed by atoms with van der Waals surface area (Å²) in [6.45, 7) is 4.79. The fraction of sp³-hybridized carbons (Fsp3) is 0.562. The van der Waals surface area contributed by atoms with E-state index in [1.807, 2.05) is 12.1 Å². The number of amides is 2. The van der Waals surface area contributed by atoms with Crippen molar-refractivity contribution >= 4 is 28.4 Å². The van der Waals surface area contributed by atoms with Gasteiger partial charge in [-0.2, -0.15) is 0 Å². The van der Waals surface area contributed by atoms with Gasteiger partial charge in [0.05, 0.1) is 11.4 Å². The van der Waals surface area contributed by atoms with Gasteiger partial charge in [-0.3, -0.25) is 0 Å². The molecule has 0 saturated carbocycles. The number of hydrogen-bond donors (Lipinski definition) is 2. The standard InChI is InChI=1S/C16H23N5O2/c1-2-3-9-17-16(22)18-12-7-8-13(15-14(12)19-23-20-15)21-10-5-4-6-11-21/h7-8H,2-6,9-11H2,1H3,(H2,17,18,22). The molecule has 7 heteroatoms. The van der Waals surface area contributed by atoms with Crippen LogP contribution in [-0.2, 0) is 0 Å². The molecule has 23 heavy (non-hydrogen) atoms. The van der Waals surface area contributed by atoms with Crippen molar-refractivity contribution in [2.75, 3.05) is 29.9 Å². The number of anilines is 2. The third-order valence-electron chi connectivity index (χ3n) is 4.15. The number of piperidine rings is 1. The van der Waals surface area contributed by atoms with Crippen LogP contribution in [0.1, 0.15) is 39.0 Å². The monoisotopic (exact) mass is 317 g/mol. The van der Waals surface area contributed by atoms with Crippen molar-refractivity contribution in [1.82, 2.24) is 15.6 Å². The lowest BCUT2D eigenvalue weighted by atomic mass is 10.1. The van der Waals surface area contributed by atoms with Crippen molar-refractivity contribution in [2.45, 2.75) is 39.0 Å². The summed E-state index contributed by atoms with van der Waals surface area (Å²) in [5, 5.41) is 13.7. The highest BCUT2D eigenvalue weighted by Gasteiger charge is 2.19. The minimum absolute atomic E-state index is 0.228. The Morgan fingerprint density at radius 2 is 2.00 bits per heavy atom. The number of unbranched alkanes of at least 4 members (excludes halogenated alkanes) is 1. The van der Waals surface area contributed by atoms with E-state index in [4.69, 9.17) is 4.63 Å². The fourth-order valence-corrected chi connectivity index (χ4v) is 2.89. The highest BCUT2D eigenvalue weighted by Crippen LogP contribution is 2.31. The first-order chi connectivity index (χ1) is 11.3. The van der Waals surface area contributed by atoms with Crippen LogP contribution in [0.5, 0.6) is 0 Å². The number of fused-ring (bicyclic) bond motifs is 1. The van der Waals surface area contributed by atoms with Gasteiger partial charge in [0.1, 0.15) is 0 Å². The van der Waals surface area contributed by atoms with E-state index >= 15 is 0 Å². The maximum atomic E-state index is 11.9. The highest BCUT2D eigenvalue weighted by atomic mass is 16.6. The molecule has 0 aliphatic carbocycles. The average Bonchev–Trinajstić information content (AvgIpc) is 3.06. The lowest BCUT2D eigenvalue weighted by Gasteiger charge is -2.28. The first-order valence-electron chi connectivity index (χ1n) is 8.34. The molecule has 0 spiro atoms. The number of carbonyl (C=O) groups is 1. The Labute approximate surface area is 135 Å². The lowest BCUT2D eigenvalue weighted by Crippen LogP contribution is -2.30. The van der Waals surface area contributed by atoms with E-state index in [9.17, 15) is 4.79 Å². The van der Waals surface area contributed by atoms with E-state index in [2.05, 4.69) is 32.8 Å². The summed E-state index contributed by atoms with van der Waals surface area (Å²) in [4.78, 5) is 14.2. The Kier molecular flexibility index (Phi) is 4.95. The van der Waals surface area contributed by atoms with Gasteiger partial charge in [0.15, 0.2) is 11.0 Å². The van der Waals surface area contributed by atoms with Gasteiger partial charge in [-0.25, -0.2) is 9.42 Å². The first kappa shape index (κ1) is 15.6. The van der Waals surface area contributed by atoms with Crippen LogP contribution in [0.2, 0.25) is 0 Å². The molecule has 2 N–H and O–H groups in total. The molecular formula is C16H23N5O2. The molecule has 2 aromatic rings. The molecule has 0 atom stereocenters. The van der Waals surface area contributed by atoms with E-state index in [1.165, 1.54) is 19.3 Å². The predicted octanol–water partition coefficient (Wildman–Crippen LogP) is 3.13. The number of benzene rings is 1. The number of nitrogens with one attached hydrogen (secondary N) is 2. The molecule has 2 heterocycles. The van der Waals surface area contributed by atoms with E-state index in [0.717, 1.165) is 31.6 Å². The van der Waals surface area contributed by atoms with Gasteiger partial charge in [-0.05, 0) is 48.1 Å². The van der Waals surface area contributed by atoms with Crippen LogP contribution in [0.25, 0.3) is 11.0 Å². The molecule has 3 rings (SSSR count). The molecule has 1 aromatic heterocycles. The summed E-state index contributed by atoms with van der Waals surface area (Å²) >= 11 is 0. The Morgan fingerprint density at radius 3 is 2.78 bits per heavy atom. The van der Waals surface area contributed by atoms with Crippen LogP contribution in [0.3, 0.4) is 0 Å². The van der Waals surface area contributed by atoms with Crippen LogP contribution in [0.15, 0.2) is 16.8 Å². The molecular weight excluding hydrogens is 294 g/mol. The first-order valence-corrected chi connectivity index (χ1v) is 8.34. The van der Waals surface area contributed by atoms with Gasteiger partial charge < -0.3 is 15.5 Å². The zero-order valence-corrected chi connectivity index (χ0v) is 13.5. The zero-order chi connectivity index (χ0) is 16.1. The Morgan fingerprint density at radius 1 is 1.22 bits per heavy atom. The molecule has 0 unspecified atom stereocenters. The largest absolute Gasteiger partial charge is 0.370 e. The van der Waals surface area contributed by atoms with Gasteiger partial charge >= 0.3 is 6.03 Å². The molecule has 0 radical (unpaired) electrons. The maximum absolute atomic E-state index is 11.9. The number of rotatable bonds is 5. The molecule has 0 bridgehead atoms. The van der Waals surface area contributed by atoms with Gasteiger partial charge in [-0.15, -0.1) is 0 Å². The summed E-state index contributed by atoms with van der Waals surface area (Å²) in [7, 11) is 0. The number of hydrogen-bond acceptors (Lipinski definition) is 5. The zero-order valence-electron chi connectivity index (χ0n) is 13.5. The second-order valence-electron chi connectivity index (χ2n) is 5.88. The van der Waals surface area contributed by atoms with Crippen LogP contribution >= 0.6 is 0 Å². The fourth-order valence-electron chi connectivity index (χ4n) is 2.89. The van der Waals surface area contributed by atoms with Crippen molar-refractivity contribution in [2.24, 2.45) is 0 Å². The summed E-state index contributed by atoms with van der Waals surface area (Å²) in [6, 6.07) is 3.63. The van der Waals surface area contributed by atoms with Crippen LogP contribution < -0.4 is 15.5 Å². The van der Waals surface area contributed by atoms with Crippen molar-refractivity contribution in [3.63, 3.8) is 0 Å². The number of nitrogens with zero attached hydrogens (tertiary/aromatic N) is 3. The molecule has 1 aliphatic rings. The van der Waals surface area contributed by atoms with E-state index in [1.54, 1.807) is 0 Å². The second-order valence-corrected chi connectivity index (χ2v) is 5.88. The Hall–Kier alpha value is -2.31. The molecule has 1 fully saturated rings. The number of aromatic nitrogens is 2. The molecule has 2 amide bonds. The maximum Gasteiger partial charge on any atom is 0.319 e. The number of urea groups is 1.